The third-order valence-corrected chi connectivity index (χ3v) is 13.7. The van der Waals surface area contributed by atoms with Crippen molar-refractivity contribution in [1.82, 2.24) is 0 Å². The monoisotopic (exact) mass is 1040 g/mol. The lowest BCUT2D eigenvalue weighted by molar-refractivity contribution is 0.0990. The Morgan fingerprint density at radius 1 is 0.163 bits per heavy atom. The van der Waals surface area contributed by atoms with Crippen molar-refractivity contribution in [3.63, 3.8) is 0 Å². The van der Waals surface area contributed by atoms with Crippen molar-refractivity contribution in [2.45, 2.75) is 0 Å². The zero-order chi connectivity index (χ0) is 54.6. The van der Waals surface area contributed by atoms with Crippen LogP contribution >= 0.6 is 0 Å². The maximum absolute atomic E-state index is 14.2. The Hall–Kier alpha value is -11.0. The van der Waals surface area contributed by atoms with Crippen LogP contribution in [0.15, 0.2) is 315 Å². The molecule has 0 saturated carbocycles. The fourth-order valence-corrected chi connectivity index (χ4v) is 9.98. The molecule has 4 amide bonds. The van der Waals surface area contributed by atoms with Crippen LogP contribution in [0.3, 0.4) is 0 Å². The van der Waals surface area contributed by atoms with Gasteiger partial charge < -0.3 is 0 Å². The summed E-state index contributed by atoms with van der Waals surface area (Å²) in [6.45, 7) is 0. The topological polar surface area (TPSA) is 81.2 Å². The van der Waals surface area contributed by atoms with Gasteiger partial charge in [0, 0.05) is 67.8 Å². The number of anilines is 8. The van der Waals surface area contributed by atoms with Gasteiger partial charge in [-0.3, -0.25) is 38.8 Å². The molecule has 0 N–H and O–H groups in total. The van der Waals surface area contributed by atoms with Crippen molar-refractivity contribution >= 4 is 90.7 Å². The van der Waals surface area contributed by atoms with Crippen molar-refractivity contribution in [2.24, 2.45) is 0 Å². The van der Waals surface area contributed by atoms with Gasteiger partial charge in [-0.15, -0.1) is 0 Å². The van der Waals surface area contributed by atoms with Crippen molar-refractivity contribution in [2.75, 3.05) is 19.6 Å². The van der Waals surface area contributed by atoms with E-state index in [0.29, 0.717) is 22.3 Å². The molecule has 0 spiro atoms. The highest BCUT2D eigenvalue weighted by atomic mass is 16.2. The molecule has 0 fully saturated rings. The minimum Gasteiger partial charge on any atom is -0.277 e. The second-order valence-corrected chi connectivity index (χ2v) is 18.7. The third-order valence-electron chi connectivity index (χ3n) is 13.7. The molecule has 0 aliphatic rings. The molecule has 0 atom stereocenters. The molecule has 12 aromatic carbocycles. The van der Waals surface area contributed by atoms with E-state index < -0.39 is 0 Å². The Morgan fingerprint density at radius 3 is 0.425 bits per heavy atom. The molecule has 0 heterocycles. The summed E-state index contributed by atoms with van der Waals surface area (Å²) in [4.78, 5) is 63.8. The van der Waals surface area contributed by atoms with Crippen LogP contribution in [0.25, 0.3) is 21.5 Å². The molecular formula is C72H52N4O4. The molecule has 384 valence electrons. The summed E-state index contributed by atoms with van der Waals surface area (Å²) in [6.07, 6.45) is 0. The van der Waals surface area contributed by atoms with Crippen LogP contribution < -0.4 is 19.6 Å². The number of nitrogens with zero attached hydrogens (tertiary/aromatic N) is 4. The van der Waals surface area contributed by atoms with Gasteiger partial charge in [-0.05, 0) is 143 Å². The van der Waals surface area contributed by atoms with E-state index in [1.807, 2.05) is 291 Å². The quantitative estimate of drug-likeness (QED) is 0.122. The number of hydrogen-bond donors (Lipinski definition) is 0. The van der Waals surface area contributed by atoms with Gasteiger partial charge in [0.1, 0.15) is 0 Å². The van der Waals surface area contributed by atoms with Gasteiger partial charge in [0.15, 0.2) is 0 Å². The van der Waals surface area contributed by atoms with E-state index in [0.717, 1.165) is 67.0 Å². The van der Waals surface area contributed by atoms with E-state index in [4.69, 9.17) is 0 Å². The van der Waals surface area contributed by atoms with Crippen molar-refractivity contribution in [3.8, 4) is 0 Å². The van der Waals surface area contributed by atoms with E-state index in [1.54, 1.807) is 43.9 Å². The Labute approximate surface area is 464 Å². The van der Waals surface area contributed by atoms with E-state index >= 15 is 0 Å². The number of amides is 4. The second-order valence-electron chi connectivity index (χ2n) is 18.7. The maximum Gasteiger partial charge on any atom is 0.263 e. The molecule has 0 aliphatic carbocycles. The molecule has 8 heteroatoms. The van der Waals surface area contributed by atoms with E-state index in [2.05, 4.69) is 0 Å². The first-order chi connectivity index (χ1) is 39.4. The zero-order valence-corrected chi connectivity index (χ0v) is 43.4. The summed E-state index contributed by atoms with van der Waals surface area (Å²) < 4.78 is 0. The predicted molar refractivity (Wildman–Crippen MR) is 325 cm³/mol. The molecule has 0 aliphatic heterocycles. The lowest BCUT2D eigenvalue weighted by atomic mass is 9.97. The van der Waals surface area contributed by atoms with Crippen molar-refractivity contribution in [1.29, 1.82) is 0 Å². The molecule has 0 bridgehead atoms. The maximum atomic E-state index is 14.2. The molecule has 8 nitrogen and oxygen atoms in total. The normalized spacial score (nSPS) is 10.7. The largest absolute Gasteiger partial charge is 0.277 e. The molecule has 12 aromatic rings. The molecule has 0 unspecified atom stereocenters. The lowest BCUT2D eigenvalue weighted by Crippen LogP contribution is -2.28. The number of hydrogen-bond acceptors (Lipinski definition) is 4. The van der Waals surface area contributed by atoms with Gasteiger partial charge in [0.25, 0.3) is 23.6 Å². The summed E-state index contributed by atoms with van der Waals surface area (Å²) in [5.41, 5.74) is 8.21. The minimum atomic E-state index is -0.171. The van der Waals surface area contributed by atoms with Gasteiger partial charge in [0.05, 0.1) is 0 Å². The van der Waals surface area contributed by atoms with Gasteiger partial charge in [-0.2, -0.15) is 0 Å². The second kappa shape index (κ2) is 23.9. The van der Waals surface area contributed by atoms with Crippen LogP contribution in [0, 0.1) is 0 Å². The lowest BCUT2D eigenvalue weighted by Gasteiger charge is -2.25. The van der Waals surface area contributed by atoms with Gasteiger partial charge >= 0.3 is 0 Å². The van der Waals surface area contributed by atoms with E-state index in [1.165, 1.54) is 0 Å². The van der Waals surface area contributed by atoms with Crippen LogP contribution in [-0.2, 0) is 0 Å². The van der Waals surface area contributed by atoms with Crippen LogP contribution in [0.2, 0.25) is 0 Å². The summed E-state index contributed by atoms with van der Waals surface area (Å²) in [7, 11) is 0. The molecule has 80 heavy (non-hydrogen) atoms. The SMILES string of the molecule is O=C(c1ccc(C(=O)N(c2ccccc2)c2ccccc2)c2ccccc12)N(c1ccccc1)c1ccccc1.O=C(c1ccc(C(=O)N(c2ccccc2)c2ccccc2)c2ccccc12)N(c1ccccc1)c1ccccc1. The standard InChI is InChI=1S/2C36H26N2O2/c2*39-35(37(27-15-5-1-6-16-27)28-17-7-2-8-18-28)33-25-26-34(32-24-14-13-23-31(32)33)36(40)38(29-19-9-3-10-20-29)30-21-11-4-12-22-30/h2*1-26H. The van der Waals surface area contributed by atoms with Crippen LogP contribution in [0.1, 0.15) is 41.4 Å². The molecular weight excluding hydrogens is 985 g/mol. The summed E-state index contributed by atoms with van der Waals surface area (Å²) in [5.74, 6) is -0.683. The fraction of sp³-hybridized carbons (Fsp3) is 0. The molecule has 12 rings (SSSR count). The Morgan fingerprint density at radius 2 is 0.287 bits per heavy atom. The average molecular weight is 1040 g/mol. The highest BCUT2D eigenvalue weighted by Gasteiger charge is 2.28. The highest BCUT2D eigenvalue weighted by molar-refractivity contribution is 6.24. The van der Waals surface area contributed by atoms with Gasteiger partial charge in [-0.25, -0.2) is 0 Å². The van der Waals surface area contributed by atoms with E-state index in [9.17, 15) is 19.2 Å². The zero-order valence-electron chi connectivity index (χ0n) is 43.4. The first-order valence-corrected chi connectivity index (χ1v) is 26.3. The number of rotatable bonds is 12. The first-order valence-electron chi connectivity index (χ1n) is 26.3. The van der Waals surface area contributed by atoms with Crippen LogP contribution in [0.4, 0.5) is 45.5 Å². The van der Waals surface area contributed by atoms with Gasteiger partial charge in [-0.1, -0.05) is 194 Å². The summed E-state index contributed by atoms with van der Waals surface area (Å²) in [5, 5.41) is 2.88. The molecule has 0 radical (unpaired) electrons. The predicted octanol–water partition coefficient (Wildman–Crippen LogP) is 17.6. The fourth-order valence-electron chi connectivity index (χ4n) is 9.98. The van der Waals surface area contributed by atoms with Crippen LogP contribution in [-0.4, -0.2) is 23.6 Å². The number of para-hydroxylation sites is 8. The highest BCUT2D eigenvalue weighted by Crippen LogP contribution is 2.36. The molecule has 0 saturated heterocycles. The Kier molecular flexibility index (Phi) is 15.3. The van der Waals surface area contributed by atoms with Crippen LogP contribution in [0.5, 0.6) is 0 Å². The average Bonchev–Trinajstić information content (AvgIpc) is 3.55. The third kappa shape index (κ3) is 10.7. The van der Waals surface area contributed by atoms with Crippen molar-refractivity contribution < 1.29 is 19.2 Å². The van der Waals surface area contributed by atoms with Gasteiger partial charge in [0.2, 0.25) is 0 Å². The first kappa shape index (κ1) is 51.2. The molecule has 0 aromatic heterocycles. The Bertz CT molecular complexity index is 3380. The van der Waals surface area contributed by atoms with E-state index in [-0.39, 0.29) is 23.6 Å². The Balaban J connectivity index is 0.000000169. The summed E-state index contributed by atoms with van der Waals surface area (Å²) >= 11 is 0. The number of carbonyl (C=O) groups excluding carboxylic acids is 4. The smallest absolute Gasteiger partial charge is 0.263 e. The van der Waals surface area contributed by atoms with Crippen molar-refractivity contribution in [3.05, 3.63) is 338 Å². The number of carbonyl (C=O) groups is 4. The number of benzene rings is 12. The minimum absolute atomic E-state index is 0.171. The number of fused-ring (bicyclic) bond motifs is 2. The summed E-state index contributed by atoms with van der Waals surface area (Å²) in [6, 6.07) is 99.1.